The van der Waals surface area contributed by atoms with E-state index in [1.807, 2.05) is 24.3 Å². The number of carbonyl (C=O) groups excluding carboxylic acids is 1. The Morgan fingerprint density at radius 3 is 2.67 bits per heavy atom. The third-order valence-electron chi connectivity index (χ3n) is 2.60. The van der Waals surface area contributed by atoms with Crippen molar-refractivity contribution in [3.05, 3.63) is 52.6 Å². The number of nitrogens with zero attached hydrogens (tertiary/aromatic N) is 3. The second-order valence-corrected chi connectivity index (χ2v) is 4.74. The van der Waals surface area contributed by atoms with Crippen molar-refractivity contribution in [2.75, 3.05) is 0 Å². The quantitative estimate of drug-likeness (QED) is 0.684. The molecule has 0 aliphatic rings. The molecule has 1 aromatic carbocycles. The van der Waals surface area contributed by atoms with Crippen molar-refractivity contribution in [2.45, 2.75) is 0 Å². The second kappa shape index (κ2) is 4.34. The fourth-order valence-electron chi connectivity index (χ4n) is 1.69. The minimum absolute atomic E-state index is 0.595. The summed E-state index contributed by atoms with van der Waals surface area (Å²) >= 11 is 3.39. The van der Waals surface area contributed by atoms with Crippen molar-refractivity contribution in [3.63, 3.8) is 0 Å². The highest BCUT2D eigenvalue weighted by molar-refractivity contribution is 9.10. The van der Waals surface area contributed by atoms with Gasteiger partial charge in [0.05, 0.1) is 0 Å². The van der Waals surface area contributed by atoms with E-state index < -0.39 is 0 Å². The number of hydrogen-bond acceptors (Lipinski definition) is 3. The molecule has 0 saturated heterocycles. The number of halogens is 1. The smallest absolute Gasteiger partial charge is 0.182 e. The average Bonchev–Trinajstić information content (AvgIpc) is 2.82. The molecule has 0 aliphatic carbocycles. The molecule has 0 unspecified atom stereocenters. The lowest BCUT2D eigenvalue weighted by Gasteiger charge is -1.93. The number of carbonyl (C=O) groups is 1. The lowest BCUT2D eigenvalue weighted by molar-refractivity contribution is 0.112. The monoisotopic (exact) mass is 301 g/mol. The lowest BCUT2D eigenvalue weighted by Crippen LogP contribution is -1.88. The first-order valence-corrected chi connectivity index (χ1v) is 6.13. The molecule has 0 bridgehead atoms. The van der Waals surface area contributed by atoms with Gasteiger partial charge in [-0.25, -0.2) is 9.50 Å². The van der Waals surface area contributed by atoms with Crippen molar-refractivity contribution >= 4 is 27.9 Å². The van der Waals surface area contributed by atoms with Gasteiger partial charge < -0.3 is 0 Å². The van der Waals surface area contributed by atoms with Crippen LogP contribution in [0.4, 0.5) is 0 Å². The highest BCUT2D eigenvalue weighted by atomic mass is 79.9. The van der Waals surface area contributed by atoms with Crippen LogP contribution in [0, 0.1) is 0 Å². The Balaban J connectivity index is 2.12. The molecular weight excluding hydrogens is 294 g/mol. The van der Waals surface area contributed by atoms with Crippen LogP contribution in [0.5, 0.6) is 0 Å². The Bertz CT molecular complexity index is 719. The van der Waals surface area contributed by atoms with Gasteiger partial charge in [0.15, 0.2) is 11.5 Å². The Labute approximate surface area is 111 Å². The van der Waals surface area contributed by atoms with Crippen LogP contribution in [0.2, 0.25) is 0 Å². The summed E-state index contributed by atoms with van der Waals surface area (Å²) in [5.41, 5.74) is 2.20. The maximum Gasteiger partial charge on any atom is 0.182 e. The Morgan fingerprint density at radius 1 is 1.17 bits per heavy atom. The van der Waals surface area contributed by atoms with Crippen LogP contribution in [0.1, 0.15) is 10.4 Å². The molecule has 3 rings (SSSR count). The summed E-state index contributed by atoms with van der Waals surface area (Å²) in [6.45, 7) is 0. The maximum absolute atomic E-state index is 10.7. The van der Waals surface area contributed by atoms with Gasteiger partial charge in [-0.2, -0.15) is 0 Å². The number of fused-ring (bicyclic) bond motifs is 1. The first-order valence-electron chi connectivity index (χ1n) is 5.34. The van der Waals surface area contributed by atoms with E-state index in [9.17, 15) is 4.79 Å². The van der Waals surface area contributed by atoms with Crippen LogP contribution in [-0.4, -0.2) is 20.9 Å². The van der Waals surface area contributed by atoms with Crippen LogP contribution in [0.15, 0.2) is 47.1 Å². The predicted molar refractivity (Wildman–Crippen MR) is 71.5 cm³/mol. The van der Waals surface area contributed by atoms with E-state index in [2.05, 4.69) is 26.0 Å². The summed E-state index contributed by atoms with van der Waals surface area (Å²) < 4.78 is 2.67. The van der Waals surface area contributed by atoms with Gasteiger partial charge in [-0.05, 0) is 24.3 Å². The van der Waals surface area contributed by atoms with Gasteiger partial charge in [-0.3, -0.25) is 4.79 Å². The number of pyridine rings is 1. The maximum atomic E-state index is 10.7. The van der Waals surface area contributed by atoms with Crippen molar-refractivity contribution < 1.29 is 4.79 Å². The molecule has 5 heteroatoms. The molecule has 3 aromatic rings. The number of rotatable bonds is 2. The summed E-state index contributed by atoms with van der Waals surface area (Å²) in [7, 11) is 0. The molecule has 0 fully saturated rings. The minimum atomic E-state index is 0.595. The molecule has 2 heterocycles. The molecular formula is C13H8BrN3O. The van der Waals surface area contributed by atoms with Crippen LogP contribution in [0.3, 0.4) is 0 Å². The van der Waals surface area contributed by atoms with Gasteiger partial charge in [0.25, 0.3) is 0 Å². The molecule has 0 atom stereocenters. The van der Waals surface area contributed by atoms with E-state index in [4.69, 9.17) is 0 Å². The zero-order chi connectivity index (χ0) is 12.5. The fourth-order valence-corrected chi connectivity index (χ4v) is 1.96. The molecule has 0 spiro atoms. The first-order chi connectivity index (χ1) is 8.76. The number of aldehydes is 1. The Kier molecular flexibility index (Phi) is 2.68. The van der Waals surface area contributed by atoms with E-state index >= 15 is 0 Å². The lowest BCUT2D eigenvalue weighted by atomic mass is 10.2. The van der Waals surface area contributed by atoms with Gasteiger partial charge in [0.2, 0.25) is 0 Å². The van der Waals surface area contributed by atoms with Gasteiger partial charge in [-0.15, -0.1) is 5.10 Å². The zero-order valence-electron chi connectivity index (χ0n) is 9.25. The van der Waals surface area contributed by atoms with Gasteiger partial charge in [0.1, 0.15) is 6.29 Å². The van der Waals surface area contributed by atoms with Crippen LogP contribution < -0.4 is 0 Å². The van der Waals surface area contributed by atoms with E-state index in [0.717, 1.165) is 16.3 Å². The molecule has 4 nitrogen and oxygen atoms in total. The van der Waals surface area contributed by atoms with Crippen LogP contribution in [0.25, 0.3) is 17.0 Å². The van der Waals surface area contributed by atoms with Crippen molar-refractivity contribution in [3.8, 4) is 11.4 Å². The highest BCUT2D eigenvalue weighted by Crippen LogP contribution is 2.19. The normalized spacial score (nSPS) is 10.7. The molecule has 88 valence electrons. The van der Waals surface area contributed by atoms with Gasteiger partial charge in [0, 0.05) is 21.8 Å². The topological polar surface area (TPSA) is 47.3 Å². The largest absolute Gasteiger partial charge is 0.298 e. The highest BCUT2D eigenvalue weighted by Gasteiger charge is 2.06. The minimum Gasteiger partial charge on any atom is -0.298 e. The molecule has 2 aromatic heterocycles. The Hall–Kier alpha value is -2.01. The standard InChI is InChI=1S/C13H8BrN3O/c14-11-3-1-10(2-4-11)13-15-12-7-9(8-18)5-6-17(12)16-13/h1-8H. The molecule has 0 N–H and O–H groups in total. The molecule has 0 radical (unpaired) electrons. The number of aromatic nitrogens is 3. The summed E-state index contributed by atoms with van der Waals surface area (Å²) in [5, 5.41) is 4.36. The molecule has 0 aliphatic heterocycles. The van der Waals surface area contributed by atoms with Gasteiger partial charge >= 0.3 is 0 Å². The first kappa shape index (κ1) is 11.1. The number of hydrogen-bond donors (Lipinski definition) is 0. The van der Waals surface area contributed by atoms with E-state index in [1.54, 1.807) is 22.8 Å². The summed E-state index contributed by atoms with van der Waals surface area (Å²) in [4.78, 5) is 15.1. The predicted octanol–water partition coefficient (Wildman–Crippen LogP) is 2.97. The van der Waals surface area contributed by atoms with Crippen LogP contribution in [-0.2, 0) is 0 Å². The zero-order valence-corrected chi connectivity index (χ0v) is 10.8. The fraction of sp³-hybridized carbons (Fsp3) is 0. The van der Waals surface area contributed by atoms with E-state index in [-0.39, 0.29) is 0 Å². The second-order valence-electron chi connectivity index (χ2n) is 3.82. The number of benzene rings is 1. The third-order valence-corrected chi connectivity index (χ3v) is 3.13. The van der Waals surface area contributed by atoms with Gasteiger partial charge in [-0.1, -0.05) is 28.1 Å². The summed E-state index contributed by atoms with van der Waals surface area (Å²) in [6, 6.07) is 11.2. The van der Waals surface area contributed by atoms with Crippen LogP contribution >= 0.6 is 15.9 Å². The summed E-state index contributed by atoms with van der Waals surface area (Å²) in [5.74, 6) is 0.644. The Morgan fingerprint density at radius 2 is 1.94 bits per heavy atom. The summed E-state index contributed by atoms with van der Waals surface area (Å²) in [6.07, 6.45) is 2.53. The average molecular weight is 302 g/mol. The SMILES string of the molecule is O=Cc1ccn2nc(-c3ccc(Br)cc3)nc2c1. The third kappa shape index (κ3) is 1.93. The van der Waals surface area contributed by atoms with Crippen molar-refractivity contribution in [2.24, 2.45) is 0 Å². The molecule has 18 heavy (non-hydrogen) atoms. The molecule has 0 saturated carbocycles. The van der Waals surface area contributed by atoms with E-state index in [0.29, 0.717) is 17.0 Å². The molecule has 0 amide bonds. The van der Waals surface area contributed by atoms with E-state index in [1.165, 1.54) is 0 Å². The van der Waals surface area contributed by atoms with Crippen molar-refractivity contribution in [1.29, 1.82) is 0 Å². The van der Waals surface area contributed by atoms with Crippen molar-refractivity contribution in [1.82, 2.24) is 14.6 Å².